The van der Waals surface area contributed by atoms with E-state index in [4.69, 9.17) is 19.4 Å². The van der Waals surface area contributed by atoms with E-state index in [0.717, 1.165) is 53.9 Å². The fourth-order valence-corrected chi connectivity index (χ4v) is 6.26. The van der Waals surface area contributed by atoms with E-state index in [1.165, 1.54) is 0 Å². The second kappa shape index (κ2) is 11.2. The minimum atomic E-state index is -0.668. The molecule has 2 amide bonds. The van der Waals surface area contributed by atoms with Crippen LogP contribution in [0.3, 0.4) is 0 Å². The quantitative estimate of drug-likeness (QED) is 0.260. The summed E-state index contributed by atoms with van der Waals surface area (Å²) >= 11 is 0. The largest absolute Gasteiger partial charge is 0.444 e. The topological polar surface area (TPSA) is 111 Å². The highest BCUT2D eigenvalue weighted by Crippen LogP contribution is 2.44. The van der Waals surface area contributed by atoms with Crippen molar-refractivity contribution < 1.29 is 19.1 Å². The Morgan fingerprint density at radius 3 is 2.14 bits per heavy atom. The van der Waals surface area contributed by atoms with E-state index in [1.807, 2.05) is 106 Å². The minimum absolute atomic E-state index is 0.0744. The van der Waals surface area contributed by atoms with E-state index < -0.39 is 17.3 Å². The number of carbonyl (C=O) groups excluding carboxylic acids is 2. The first-order chi connectivity index (χ1) is 20.8. The molecule has 5 heterocycles. The van der Waals surface area contributed by atoms with Crippen LogP contribution in [0.25, 0.3) is 28.2 Å². The molecule has 1 aromatic carbocycles. The van der Waals surface area contributed by atoms with Crippen LogP contribution in [-0.4, -0.2) is 59.7 Å². The highest BCUT2D eigenvalue weighted by Gasteiger charge is 2.45. The lowest BCUT2D eigenvalue weighted by Gasteiger charge is -2.39. The first-order valence-corrected chi connectivity index (χ1v) is 15.3. The second-order valence-electron chi connectivity index (χ2n) is 13.7. The number of carbonyl (C=O) groups is 2. The molecule has 3 atom stereocenters. The molecule has 0 aliphatic carbocycles. The van der Waals surface area contributed by atoms with E-state index in [2.05, 4.69) is 10.3 Å². The molecular formula is C34H40N6O4. The third-order valence-electron chi connectivity index (χ3n) is 8.01. The van der Waals surface area contributed by atoms with Crippen molar-refractivity contribution >= 4 is 23.7 Å². The lowest BCUT2D eigenvalue weighted by atomic mass is 9.88. The molecule has 2 saturated heterocycles. The number of piperidine rings is 1. The number of hydrogen-bond donors (Lipinski definition) is 1. The Morgan fingerprint density at radius 2 is 1.52 bits per heavy atom. The second-order valence-corrected chi connectivity index (χ2v) is 13.7. The van der Waals surface area contributed by atoms with Crippen molar-refractivity contribution in [2.75, 3.05) is 5.32 Å². The highest BCUT2D eigenvalue weighted by atomic mass is 16.6. The molecule has 10 heteroatoms. The summed E-state index contributed by atoms with van der Waals surface area (Å²) in [5.41, 5.74) is 3.76. The van der Waals surface area contributed by atoms with Crippen molar-refractivity contribution in [1.82, 2.24) is 24.3 Å². The Morgan fingerprint density at radius 1 is 0.841 bits per heavy atom. The van der Waals surface area contributed by atoms with E-state index in [0.29, 0.717) is 11.5 Å². The molecule has 0 saturated carbocycles. The number of nitrogens with zero attached hydrogens (tertiary/aromatic N) is 5. The smallest absolute Gasteiger partial charge is 0.413 e. The predicted octanol–water partition coefficient (Wildman–Crippen LogP) is 7.45. The van der Waals surface area contributed by atoms with Crippen LogP contribution in [0.2, 0.25) is 0 Å². The number of benzene rings is 1. The standard InChI is InChI=1S/C34H40N6O4/c1-33(2,3)43-31(41)38-29-30-36-19-28(22-12-15-26(35-18-22)21-10-8-7-9-11-21)39(30)20-27(37-29)23-16-24-13-14-25(17-23)40(24)32(42)44-34(4,5)6/h7-12,15,18-20,23-25H,13-14,16-17H2,1-6H3,(H,37,38,41)/t23?,24-,25+. The number of pyridine rings is 1. The van der Waals surface area contributed by atoms with Crippen LogP contribution in [0, 0.1) is 0 Å². The summed E-state index contributed by atoms with van der Waals surface area (Å²) in [4.78, 5) is 42.2. The van der Waals surface area contributed by atoms with E-state index >= 15 is 0 Å². The van der Waals surface area contributed by atoms with Crippen LogP contribution in [0.15, 0.2) is 61.1 Å². The number of imidazole rings is 1. The van der Waals surface area contributed by atoms with Crippen molar-refractivity contribution in [1.29, 1.82) is 0 Å². The van der Waals surface area contributed by atoms with Gasteiger partial charge in [-0.25, -0.2) is 19.6 Å². The number of rotatable bonds is 4. The van der Waals surface area contributed by atoms with E-state index in [1.54, 1.807) is 6.20 Å². The zero-order valence-corrected chi connectivity index (χ0v) is 26.2. The van der Waals surface area contributed by atoms with Gasteiger partial charge in [0.25, 0.3) is 0 Å². The van der Waals surface area contributed by atoms with Gasteiger partial charge < -0.3 is 14.4 Å². The molecule has 10 nitrogen and oxygen atoms in total. The summed E-state index contributed by atoms with van der Waals surface area (Å²) < 4.78 is 13.3. The molecule has 2 fully saturated rings. The first-order valence-electron chi connectivity index (χ1n) is 15.3. The Balaban J connectivity index is 1.35. The summed E-state index contributed by atoms with van der Waals surface area (Å²) in [6.45, 7) is 11.1. The third kappa shape index (κ3) is 6.25. The van der Waals surface area contributed by atoms with Gasteiger partial charge in [0.05, 0.1) is 23.3 Å². The lowest BCUT2D eigenvalue weighted by Crippen LogP contribution is -2.48. The monoisotopic (exact) mass is 596 g/mol. The summed E-state index contributed by atoms with van der Waals surface area (Å²) in [5.74, 6) is 0.419. The summed E-state index contributed by atoms with van der Waals surface area (Å²) in [6.07, 6.45) is 8.17. The number of hydrogen-bond acceptors (Lipinski definition) is 7. The van der Waals surface area contributed by atoms with Crippen molar-refractivity contribution in [3.8, 4) is 22.5 Å². The zero-order valence-electron chi connectivity index (χ0n) is 26.2. The van der Waals surface area contributed by atoms with Crippen LogP contribution in [0.1, 0.15) is 78.8 Å². The van der Waals surface area contributed by atoms with Gasteiger partial charge in [-0.05, 0) is 79.4 Å². The number of nitrogens with one attached hydrogen (secondary N) is 1. The molecule has 1 N–H and O–H groups in total. The Labute approximate surface area is 257 Å². The summed E-state index contributed by atoms with van der Waals surface area (Å²) in [7, 11) is 0. The van der Waals surface area contributed by atoms with Crippen LogP contribution < -0.4 is 5.32 Å². The van der Waals surface area contributed by atoms with Gasteiger partial charge in [-0.3, -0.25) is 14.7 Å². The maximum atomic E-state index is 13.1. The fourth-order valence-electron chi connectivity index (χ4n) is 6.26. The van der Waals surface area contributed by atoms with Gasteiger partial charge in [-0.1, -0.05) is 30.3 Å². The van der Waals surface area contributed by atoms with Crippen molar-refractivity contribution in [3.63, 3.8) is 0 Å². The number of aromatic nitrogens is 4. The molecule has 4 aromatic rings. The zero-order chi connectivity index (χ0) is 31.2. The molecular weight excluding hydrogens is 556 g/mol. The lowest BCUT2D eigenvalue weighted by molar-refractivity contribution is 0.00565. The average molecular weight is 597 g/mol. The summed E-state index contributed by atoms with van der Waals surface area (Å²) in [6, 6.07) is 14.2. The van der Waals surface area contributed by atoms with Crippen LogP contribution in [0.4, 0.5) is 15.4 Å². The Hall–Kier alpha value is -4.47. The van der Waals surface area contributed by atoms with E-state index in [-0.39, 0.29) is 24.1 Å². The molecule has 2 aliphatic heterocycles. The first kappa shape index (κ1) is 29.6. The van der Waals surface area contributed by atoms with Gasteiger partial charge in [0.15, 0.2) is 11.5 Å². The number of anilines is 1. The number of fused-ring (bicyclic) bond motifs is 3. The SMILES string of the molecule is CC(C)(C)OC(=O)Nc1nc(C2C[C@H]3CC[C@@H](C2)N3C(=O)OC(C)(C)C)cn2c(-c3ccc(-c4ccccc4)nc3)cnc12. The van der Waals surface area contributed by atoms with Crippen LogP contribution in [0.5, 0.6) is 0 Å². The van der Waals surface area contributed by atoms with Gasteiger partial charge in [-0.2, -0.15) is 0 Å². The molecule has 2 bridgehead atoms. The van der Waals surface area contributed by atoms with Crippen LogP contribution in [-0.2, 0) is 9.47 Å². The Bertz CT molecular complexity index is 1660. The number of amides is 2. The van der Waals surface area contributed by atoms with Gasteiger partial charge in [-0.15, -0.1) is 0 Å². The molecule has 1 unspecified atom stereocenters. The summed E-state index contributed by atoms with van der Waals surface area (Å²) in [5, 5.41) is 2.85. The minimum Gasteiger partial charge on any atom is -0.444 e. The van der Waals surface area contributed by atoms with Gasteiger partial charge >= 0.3 is 12.2 Å². The average Bonchev–Trinajstić information content (AvgIpc) is 3.50. The molecule has 0 radical (unpaired) electrons. The fraction of sp³-hybridized carbons (Fsp3) is 0.441. The maximum Gasteiger partial charge on any atom is 0.413 e. The molecule has 230 valence electrons. The molecule has 6 rings (SSSR count). The van der Waals surface area contributed by atoms with Crippen molar-refractivity contribution in [2.24, 2.45) is 0 Å². The maximum absolute atomic E-state index is 13.1. The highest BCUT2D eigenvalue weighted by molar-refractivity contribution is 5.88. The van der Waals surface area contributed by atoms with Crippen molar-refractivity contribution in [2.45, 2.75) is 96.4 Å². The predicted molar refractivity (Wildman–Crippen MR) is 168 cm³/mol. The third-order valence-corrected chi connectivity index (χ3v) is 8.01. The molecule has 44 heavy (non-hydrogen) atoms. The number of ether oxygens (including phenoxy) is 2. The molecule has 0 spiro atoms. The van der Waals surface area contributed by atoms with Crippen LogP contribution >= 0.6 is 0 Å². The van der Waals surface area contributed by atoms with E-state index in [9.17, 15) is 9.59 Å². The van der Waals surface area contributed by atoms with Crippen molar-refractivity contribution in [3.05, 3.63) is 66.7 Å². The normalized spacial score (nSPS) is 20.0. The molecule has 2 aliphatic rings. The Kier molecular flexibility index (Phi) is 7.55. The van der Waals surface area contributed by atoms with Gasteiger partial charge in [0, 0.05) is 41.5 Å². The molecule has 3 aromatic heterocycles. The van der Waals surface area contributed by atoms with Gasteiger partial charge in [0.2, 0.25) is 0 Å². The van der Waals surface area contributed by atoms with Gasteiger partial charge in [0.1, 0.15) is 11.2 Å².